The van der Waals surface area contributed by atoms with Crippen LogP contribution in [0.2, 0.25) is 5.02 Å². The van der Waals surface area contributed by atoms with Gasteiger partial charge in [-0.1, -0.05) is 29.8 Å². The molecule has 4 rings (SSSR count). The van der Waals surface area contributed by atoms with Crippen LogP contribution in [0.5, 0.6) is 0 Å². The van der Waals surface area contributed by atoms with Crippen molar-refractivity contribution < 1.29 is 5.11 Å². The molecule has 6 heteroatoms. The third kappa shape index (κ3) is 4.79. The van der Waals surface area contributed by atoms with Crippen LogP contribution in [-0.4, -0.2) is 59.4 Å². The Morgan fingerprint density at radius 2 is 1.85 bits per heavy atom. The van der Waals surface area contributed by atoms with Crippen LogP contribution in [0, 0.1) is 0 Å². The van der Waals surface area contributed by atoms with Crippen LogP contribution in [0.3, 0.4) is 0 Å². The van der Waals surface area contributed by atoms with Crippen LogP contribution in [0.15, 0.2) is 48.7 Å². The number of aromatic nitrogens is 1. The van der Waals surface area contributed by atoms with Gasteiger partial charge in [0.1, 0.15) is 5.82 Å². The monoisotopic (exact) mass is 386 g/mol. The molecule has 1 aromatic carbocycles. The number of aliphatic hydroxyl groups excluding tert-OH is 1. The molecule has 2 N–H and O–H groups in total. The van der Waals surface area contributed by atoms with Gasteiger partial charge in [-0.3, -0.25) is 4.90 Å². The van der Waals surface area contributed by atoms with Crippen molar-refractivity contribution in [1.82, 2.24) is 15.2 Å². The van der Waals surface area contributed by atoms with Crippen molar-refractivity contribution in [2.24, 2.45) is 0 Å². The minimum Gasteiger partial charge on any atom is -0.390 e. The van der Waals surface area contributed by atoms with Gasteiger partial charge in [0.15, 0.2) is 0 Å². The van der Waals surface area contributed by atoms with E-state index in [1.165, 1.54) is 5.56 Å². The van der Waals surface area contributed by atoms with Gasteiger partial charge in [0.2, 0.25) is 0 Å². The normalized spacial score (nSPS) is 24.4. The third-order valence-electron chi connectivity index (χ3n) is 5.62. The fourth-order valence-electron chi connectivity index (χ4n) is 4.09. The molecule has 2 saturated heterocycles. The van der Waals surface area contributed by atoms with E-state index in [9.17, 15) is 5.11 Å². The molecule has 0 saturated carbocycles. The maximum Gasteiger partial charge on any atom is 0.128 e. The molecule has 5 nitrogen and oxygen atoms in total. The first-order valence-corrected chi connectivity index (χ1v) is 10.1. The molecule has 2 aliphatic rings. The Morgan fingerprint density at radius 3 is 2.56 bits per heavy atom. The summed E-state index contributed by atoms with van der Waals surface area (Å²) in [5.74, 6) is 0.943. The lowest BCUT2D eigenvalue weighted by Gasteiger charge is -2.34. The second kappa shape index (κ2) is 8.57. The molecule has 2 atom stereocenters. The lowest BCUT2D eigenvalue weighted by Crippen LogP contribution is -2.49. The summed E-state index contributed by atoms with van der Waals surface area (Å²) in [4.78, 5) is 9.06. The second-order valence-corrected chi connectivity index (χ2v) is 8.05. The van der Waals surface area contributed by atoms with Gasteiger partial charge in [0, 0.05) is 36.9 Å². The van der Waals surface area contributed by atoms with Gasteiger partial charge in [0.25, 0.3) is 0 Å². The maximum atomic E-state index is 10.5. The first kappa shape index (κ1) is 18.7. The maximum absolute atomic E-state index is 10.5. The zero-order valence-corrected chi connectivity index (χ0v) is 16.2. The number of benzene rings is 1. The number of β-amino-alcohol motifs (C(OH)–C–C–N with tert-alkyl or cyclic N) is 1. The number of pyridine rings is 1. The van der Waals surface area contributed by atoms with E-state index in [1.807, 2.05) is 30.3 Å². The number of nitrogens with zero attached hydrogens (tertiary/aromatic N) is 3. The van der Waals surface area contributed by atoms with E-state index in [4.69, 9.17) is 11.6 Å². The Hall–Kier alpha value is -1.66. The second-order valence-electron chi connectivity index (χ2n) is 7.61. The van der Waals surface area contributed by atoms with E-state index in [-0.39, 0.29) is 12.1 Å². The standard InChI is InChI=1S/C21H27ClN4O/c22-17-6-4-16(5-7-17)13-25-11-8-18(9-12-25)24-19-14-26(15-20(19)27)21-3-1-2-10-23-21/h1-7,10,18-20,24,27H,8-9,11-15H2/t19?,20-/m1/s1. The SMILES string of the molecule is O[C@@H]1CN(c2ccccn2)CC1NC1CCN(Cc2ccc(Cl)cc2)CC1. The number of hydrogen-bond donors (Lipinski definition) is 2. The molecule has 2 aromatic rings. The highest BCUT2D eigenvalue weighted by atomic mass is 35.5. The van der Waals surface area contributed by atoms with E-state index in [0.29, 0.717) is 12.6 Å². The molecule has 144 valence electrons. The molecule has 0 radical (unpaired) electrons. The number of anilines is 1. The summed E-state index contributed by atoms with van der Waals surface area (Å²) in [5.41, 5.74) is 1.31. The molecule has 1 unspecified atom stereocenters. The van der Waals surface area contributed by atoms with Crippen molar-refractivity contribution in [2.75, 3.05) is 31.1 Å². The number of nitrogens with one attached hydrogen (secondary N) is 1. The Kier molecular flexibility index (Phi) is 5.93. The quantitative estimate of drug-likeness (QED) is 0.827. The average Bonchev–Trinajstić information content (AvgIpc) is 3.06. The van der Waals surface area contributed by atoms with Gasteiger partial charge in [-0.05, 0) is 55.8 Å². The van der Waals surface area contributed by atoms with Crippen LogP contribution in [-0.2, 0) is 6.54 Å². The molecular weight excluding hydrogens is 360 g/mol. The van der Waals surface area contributed by atoms with Crippen LogP contribution in [0.4, 0.5) is 5.82 Å². The zero-order chi connectivity index (χ0) is 18.6. The highest BCUT2D eigenvalue weighted by Crippen LogP contribution is 2.21. The number of halogens is 1. The van der Waals surface area contributed by atoms with Crippen molar-refractivity contribution >= 4 is 17.4 Å². The van der Waals surface area contributed by atoms with Crippen molar-refractivity contribution in [3.05, 3.63) is 59.2 Å². The van der Waals surface area contributed by atoms with E-state index in [0.717, 1.165) is 49.9 Å². The summed E-state index contributed by atoms with van der Waals surface area (Å²) >= 11 is 5.97. The molecule has 0 amide bonds. The van der Waals surface area contributed by atoms with Crippen LogP contribution < -0.4 is 10.2 Å². The van der Waals surface area contributed by atoms with E-state index < -0.39 is 0 Å². The van der Waals surface area contributed by atoms with Crippen LogP contribution in [0.25, 0.3) is 0 Å². The molecule has 1 aromatic heterocycles. The summed E-state index contributed by atoms with van der Waals surface area (Å²) in [6, 6.07) is 14.6. The summed E-state index contributed by atoms with van der Waals surface area (Å²) in [6.45, 7) is 4.58. The first-order valence-electron chi connectivity index (χ1n) is 9.74. The number of likely N-dealkylation sites (tertiary alicyclic amines) is 1. The molecule has 0 bridgehead atoms. The predicted molar refractivity (Wildman–Crippen MR) is 109 cm³/mol. The molecule has 0 aliphatic carbocycles. The Balaban J connectivity index is 1.25. The number of piperidine rings is 1. The summed E-state index contributed by atoms with van der Waals surface area (Å²) in [7, 11) is 0. The summed E-state index contributed by atoms with van der Waals surface area (Å²) in [6.07, 6.45) is 3.68. The first-order chi connectivity index (χ1) is 13.2. The van der Waals surface area contributed by atoms with Crippen molar-refractivity contribution in [3.8, 4) is 0 Å². The van der Waals surface area contributed by atoms with E-state index in [1.54, 1.807) is 6.20 Å². The number of hydrogen-bond acceptors (Lipinski definition) is 5. The van der Waals surface area contributed by atoms with Crippen molar-refractivity contribution in [2.45, 2.75) is 37.6 Å². The summed E-state index contributed by atoms with van der Waals surface area (Å²) in [5, 5.41) is 15.0. The van der Waals surface area contributed by atoms with Gasteiger partial charge in [-0.15, -0.1) is 0 Å². The lowest BCUT2D eigenvalue weighted by atomic mass is 10.0. The molecule has 0 spiro atoms. The van der Waals surface area contributed by atoms with Gasteiger partial charge >= 0.3 is 0 Å². The van der Waals surface area contributed by atoms with Gasteiger partial charge < -0.3 is 15.3 Å². The minimum absolute atomic E-state index is 0.111. The largest absolute Gasteiger partial charge is 0.390 e. The highest BCUT2D eigenvalue weighted by Gasteiger charge is 2.34. The Labute approximate surface area is 166 Å². The topological polar surface area (TPSA) is 51.6 Å². The third-order valence-corrected chi connectivity index (χ3v) is 5.87. The number of aliphatic hydroxyl groups is 1. The highest BCUT2D eigenvalue weighted by molar-refractivity contribution is 6.30. The molecular formula is C21H27ClN4O. The van der Waals surface area contributed by atoms with Gasteiger partial charge in [-0.25, -0.2) is 4.98 Å². The molecule has 27 heavy (non-hydrogen) atoms. The average molecular weight is 387 g/mol. The van der Waals surface area contributed by atoms with Gasteiger partial charge in [-0.2, -0.15) is 0 Å². The Morgan fingerprint density at radius 1 is 1.07 bits per heavy atom. The summed E-state index contributed by atoms with van der Waals surface area (Å²) < 4.78 is 0. The Bertz CT molecular complexity index is 719. The van der Waals surface area contributed by atoms with E-state index in [2.05, 4.69) is 32.2 Å². The smallest absolute Gasteiger partial charge is 0.128 e. The molecule has 2 fully saturated rings. The van der Waals surface area contributed by atoms with Gasteiger partial charge in [0.05, 0.1) is 12.1 Å². The molecule has 2 aliphatic heterocycles. The van der Waals surface area contributed by atoms with Crippen molar-refractivity contribution in [1.29, 1.82) is 0 Å². The van der Waals surface area contributed by atoms with Crippen LogP contribution >= 0.6 is 11.6 Å². The fraction of sp³-hybridized carbons (Fsp3) is 0.476. The minimum atomic E-state index is -0.348. The predicted octanol–water partition coefficient (Wildman–Crippen LogP) is 2.54. The van der Waals surface area contributed by atoms with Crippen molar-refractivity contribution in [3.63, 3.8) is 0 Å². The molecule has 3 heterocycles. The van der Waals surface area contributed by atoms with E-state index >= 15 is 0 Å². The zero-order valence-electron chi connectivity index (χ0n) is 15.5. The number of rotatable bonds is 5. The lowest BCUT2D eigenvalue weighted by molar-refractivity contribution is 0.136. The van der Waals surface area contributed by atoms with Crippen LogP contribution in [0.1, 0.15) is 18.4 Å². The fourth-order valence-corrected chi connectivity index (χ4v) is 4.21.